The molecule has 0 radical (unpaired) electrons. The molecule has 27 heavy (non-hydrogen) atoms. The summed E-state index contributed by atoms with van der Waals surface area (Å²) < 4.78 is 40.6. The molecule has 3 N–H and O–H groups in total. The first-order valence-corrected chi connectivity index (χ1v) is 8.57. The highest BCUT2D eigenvalue weighted by Gasteiger charge is 2.37. The van der Waals surface area contributed by atoms with Crippen molar-refractivity contribution in [3.05, 3.63) is 58.4 Å². The van der Waals surface area contributed by atoms with E-state index < -0.39 is 11.7 Å². The summed E-state index contributed by atoms with van der Waals surface area (Å²) in [4.78, 5) is 8.04. The van der Waals surface area contributed by atoms with Gasteiger partial charge in [-0.05, 0) is 42.5 Å². The molecule has 0 bridgehead atoms. The van der Waals surface area contributed by atoms with Crippen LogP contribution >= 0.6 is 0 Å². The van der Waals surface area contributed by atoms with Crippen LogP contribution < -0.4 is 11.1 Å². The van der Waals surface area contributed by atoms with Gasteiger partial charge in [-0.25, -0.2) is 9.97 Å². The van der Waals surface area contributed by atoms with Gasteiger partial charge in [-0.2, -0.15) is 18.4 Å². The van der Waals surface area contributed by atoms with Gasteiger partial charge in [0.05, 0.1) is 17.3 Å². The van der Waals surface area contributed by atoms with Crippen LogP contribution in [0, 0.1) is 11.3 Å². The number of hydrogen-bond acceptors (Lipinski definition) is 5. The van der Waals surface area contributed by atoms with Crippen molar-refractivity contribution in [1.82, 2.24) is 9.97 Å². The fraction of sp³-hybridized carbons (Fsp3) is 0.316. The summed E-state index contributed by atoms with van der Waals surface area (Å²) >= 11 is 0. The van der Waals surface area contributed by atoms with E-state index in [9.17, 15) is 13.2 Å². The molecule has 0 amide bonds. The number of allylic oxidation sites excluding steroid dienone is 1. The molecule has 1 fully saturated rings. The fourth-order valence-corrected chi connectivity index (χ4v) is 3.38. The van der Waals surface area contributed by atoms with Crippen LogP contribution in [0.2, 0.25) is 0 Å². The molecule has 4 rings (SSSR count). The van der Waals surface area contributed by atoms with Gasteiger partial charge in [0, 0.05) is 23.9 Å². The van der Waals surface area contributed by atoms with E-state index >= 15 is 0 Å². The lowest BCUT2D eigenvalue weighted by atomic mass is 9.87. The third kappa shape index (κ3) is 3.15. The second kappa shape index (κ2) is 6.35. The third-order valence-corrected chi connectivity index (χ3v) is 5.04. The summed E-state index contributed by atoms with van der Waals surface area (Å²) in [6, 6.07) is 6.93. The van der Waals surface area contributed by atoms with Gasteiger partial charge in [0.25, 0.3) is 0 Å². The van der Waals surface area contributed by atoms with E-state index in [0.717, 1.165) is 24.6 Å². The number of alkyl halides is 3. The zero-order valence-corrected chi connectivity index (χ0v) is 14.2. The first kappa shape index (κ1) is 17.5. The maximum atomic E-state index is 13.5. The molecule has 2 aliphatic carbocycles. The van der Waals surface area contributed by atoms with E-state index in [-0.39, 0.29) is 23.7 Å². The van der Waals surface area contributed by atoms with Crippen molar-refractivity contribution >= 4 is 11.5 Å². The number of nitriles is 1. The van der Waals surface area contributed by atoms with Crippen molar-refractivity contribution in [2.45, 2.75) is 37.5 Å². The Morgan fingerprint density at radius 3 is 2.70 bits per heavy atom. The van der Waals surface area contributed by atoms with E-state index in [4.69, 9.17) is 11.0 Å². The number of rotatable bonds is 3. The Labute approximate surface area is 153 Å². The summed E-state index contributed by atoms with van der Waals surface area (Å²) in [7, 11) is 0. The van der Waals surface area contributed by atoms with Crippen LogP contribution in [0.15, 0.2) is 30.5 Å². The van der Waals surface area contributed by atoms with Gasteiger partial charge in [0.1, 0.15) is 5.56 Å². The number of benzene rings is 1. The predicted octanol–water partition coefficient (Wildman–Crippen LogP) is 3.26. The summed E-state index contributed by atoms with van der Waals surface area (Å²) in [6.07, 6.45) is 0.114. The molecule has 8 heteroatoms. The fourth-order valence-electron chi connectivity index (χ4n) is 3.38. The lowest BCUT2D eigenvalue weighted by Gasteiger charge is -2.34. The van der Waals surface area contributed by atoms with Gasteiger partial charge in [-0.15, -0.1) is 0 Å². The molecule has 2 aliphatic rings. The second-order valence-corrected chi connectivity index (χ2v) is 6.75. The van der Waals surface area contributed by atoms with E-state index in [1.54, 1.807) is 24.3 Å². The maximum absolute atomic E-state index is 13.5. The molecule has 1 aromatic carbocycles. The standard InChI is InChI=1S/C19H16F3N5/c20-19(21,22)14-9-25-18(26-16-6-5-15(16)24)27-17(14)13-4-2-11-7-10(8-23)1-3-12(11)13/h1,3-4,7,9,15-16H,2,5-6,24H2,(H,25,26,27)/t15-,16-/m0/s1. The van der Waals surface area contributed by atoms with E-state index in [0.29, 0.717) is 23.1 Å². The first-order chi connectivity index (χ1) is 12.9. The zero-order chi connectivity index (χ0) is 19.2. The van der Waals surface area contributed by atoms with E-state index in [1.807, 2.05) is 6.07 Å². The number of nitrogens with two attached hydrogens (primary N) is 1. The number of nitrogens with zero attached hydrogens (tertiary/aromatic N) is 3. The normalized spacial score (nSPS) is 21.1. The molecule has 1 saturated carbocycles. The minimum absolute atomic E-state index is 0.0300. The maximum Gasteiger partial charge on any atom is 0.419 e. The van der Waals surface area contributed by atoms with Crippen molar-refractivity contribution in [3.63, 3.8) is 0 Å². The first-order valence-electron chi connectivity index (χ1n) is 8.57. The number of anilines is 1. The second-order valence-electron chi connectivity index (χ2n) is 6.75. The topological polar surface area (TPSA) is 87.6 Å². The van der Waals surface area contributed by atoms with E-state index in [1.165, 1.54) is 0 Å². The monoisotopic (exact) mass is 371 g/mol. The SMILES string of the molecule is N#Cc1ccc2c(c1)CC=C2c1nc(N[C@H]2CC[C@@H]2N)ncc1C(F)(F)F. The Bertz CT molecular complexity index is 974. The van der Waals surface area contributed by atoms with Crippen molar-refractivity contribution in [1.29, 1.82) is 5.26 Å². The zero-order valence-electron chi connectivity index (χ0n) is 14.2. The van der Waals surface area contributed by atoms with Gasteiger partial charge < -0.3 is 11.1 Å². The molecule has 1 heterocycles. The van der Waals surface area contributed by atoms with Gasteiger partial charge >= 0.3 is 6.18 Å². The van der Waals surface area contributed by atoms with Crippen LogP contribution in [-0.2, 0) is 12.6 Å². The van der Waals surface area contributed by atoms with Gasteiger partial charge in [-0.1, -0.05) is 12.1 Å². The molecule has 5 nitrogen and oxygen atoms in total. The van der Waals surface area contributed by atoms with Crippen LogP contribution in [0.3, 0.4) is 0 Å². The van der Waals surface area contributed by atoms with Crippen LogP contribution in [0.25, 0.3) is 5.57 Å². The predicted molar refractivity (Wildman–Crippen MR) is 93.6 cm³/mol. The van der Waals surface area contributed by atoms with Gasteiger partial charge in [0.15, 0.2) is 0 Å². The molecule has 0 spiro atoms. The Morgan fingerprint density at radius 2 is 2.07 bits per heavy atom. The molecule has 138 valence electrons. The molecule has 0 saturated heterocycles. The van der Waals surface area contributed by atoms with Gasteiger partial charge in [-0.3, -0.25) is 0 Å². The molecule has 2 atom stereocenters. The van der Waals surface area contributed by atoms with Crippen LogP contribution in [-0.4, -0.2) is 22.1 Å². The highest BCUT2D eigenvalue weighted by molar-refractivity contribution is 5.85. The molecule has 0 unspecified atom stereocenters. The van der Waals surface area contributed by atoms with Crippen molar-refractivity contribution < 1.29 is 13.2 Å². The summed E-state index contributed by atoms with van der Waals surface area (Å²) in [5.74, 6) is 0.140. The van der Waals surface area contributed by atoms with Crippen LogP contribution in [0.5, 0.6) is 0 Å². The van der Waals surface area contributed by atoms with Crippen molar-refractivity contribution in [2.24, 2.45) is 5.73 Å². The molecule has 2 aromatic rings. The lowest BCUT2D eigenvalue weighted by molar-refractivity contribution is -0.138. The number of aromatic nitrogens is 2. The highest BCUT2D eigenvalue weighted by Crippen LogP contribution is 2.40. The van der Waals surface area contributed by atoms with Gasteiger partial charge in [0.2, 0.25) is 5.95 Å². The largest absolute Gasteiger partial charge is 0.419 e. The number of nitrogens with one attached hydrogen (secondary N) is 1. The molecule has 1 aromatic heterocycles. The Balaban J connectivity index is 1.76. The average molecular weight is 371 g/mol. The Kier molecular flexibility index (Phi) is 4.12. The number of halogens is 3. The smallest absolute Gasteiger partial charge is 0.350 e. The number of fused-ring (bicyclic) bond motifs is 1. The minimum atomic E-state index is -4.57. The van der Waals surface area contributed by atoms with Crippen molar-refractivity contribution in [2.75, 3.05) is 5.32 Å². The number of hydrogen-bond donors (Lipinski definition) is 2. The molecule has 0 aliphatic heterocycles. The van der Waals surface area contributed by atoms with E-state index in [2.05, 4.69) is 15.3 Å². The Morgan fingerprint density at radius 1 is 1.26 bits per heavy atom. The summed E-state index contributed by atoms with van der Waals surface area (Å²) in [6.45, 7) is 0. The van der Waals surface area contributed by atoms with Crippen molar-refractivity contribution in [3.8, 4) is 6.07 Å². The Hall–Kier alpha value is -2.92. The van der Waals surface area contributed by atoms with Crippen LogP contribution in [0.4, 0.5) is 19.1 Å². The lowest BCUT2D eigenvalue weighted by Crippen LogP contribution is -2.49. The third-order valence-electron chi connectivity index (χ3n) is 5.04. The summed E-state index contributed by atoms with van der Waals surface area (Å²) in [5, 5.41) is 12.0. The highest BCUT2D eigenvalue weighted by atomic mass is 19.4. The molecular weight excluding hydrogens is 355 g/mol. The van der Waals surface area contributed by atoms with Crippen LogP contribution in [0.1, 0.15) is 40.8 Å². The summed E-state index contributed by atoms with van der Waals surface area (Å²) in [5.41, 5.74) is 7.20. The minimum Gasteiger partial charge on any atom is -0.350 e. The molecular formula is C19H16F3N5. The average Bonchev–Trinajstić information content (AvgIpc) is 3.06. The quantitative estimate of drug-likeness (QED) is 0.865.